The highest BCUT2D eigenvalue weighted by atomic mass is 16.5. The zero-order chi connectivity index (χ0) is 13.7. The van der Waals surface area contributed by atoms with E-state index >= 15 is 0 Å². The molecule has 2 heterocycles. The summed E-state index contributed by atoms with van der Waals surface area (Å²) in [6.45, 7) is 6.59. The lowest BCUT2D eigenvalue weighted by Gasteiger charge is -2.33. The summed E-state index contributed by atoms with van der Waals surface area (Å²) in [7, 11) is 1.74. The molecular weight excluding hydrogens is 242 g/mol. The summed E-state index contributed by atoms with van der Waals surface area (Å²) in [5, 5.41) is 0. The average Bonchev–Trinajstić information content (AvgIpc) is 2.45. The number of aliphatic imine (C=N–C) groups is 1. The average molecular weight is 269 g/mol. The van der Waals surface area contributed by atoms with E-state index in [0.717, 1.165) is 38.6 Å². The standard InChI is InChI=1S/C14H27N3O2/c1-11-4-3-6-17(9-11)14(15)16-8-12-5-7-19-10-13(12)18-2/h11-13H,3-10H2,1-2H3,(H2,15,16). The van der Waals surface area contributed by atoms with Crippen LogP contribution in [0.5, 0.6) is 0 Å². The number of methoxy groups -OCH3 is 1. The fourth-order valence-corrected chi connectivity index (χ4v) is 2.93. The summed E-state index contributed by atoms with van der Waals surface area (Å²) in [5.41, 5.74) is 6.12. The van der Waals surface area contributed by atoms with Crippen LogP contribution in [0.1, 0.15) is 26.2 Å². The van der Waals surface area contributed by atoms with Crippen LogP contribution in [0, 0.1) is 11.8 Å². The van der Waals surface area contributed by atoms with Crippen molar-refractivity contribution in [2.45, 2.75) is 32.3 Å². The Labute approximate surface area is 116 Å². The molecule has 0 aliphatic carbocycles. The van der Waals surface area contributed by atoms with Crippen LogP contribution in [0.25, 0.3) is 0 Å². The van der Waals surface area contributed by atoms with Gasteiger partial charge in [-0.05, 0) is 25.2 Å². The van der Waals surface area contributed by atoms with E-state index in [1.165, 1.54) is 12.8 Å². The molecule has 0 aromatic heterocycles. The number of nitrogens with two attached hydrogens (primary N) is 1. The van der Waals surface area contributed by atoms with Gasteiger partial charge in [-0.3, -0.25) is 4.99 Å². The van der Waals surface area contributed by atoms with Crippen LogP contribution in [0.3, 0.4) is 0 Å². The fourth-order valence-electron chi connectivity index (χ4n) is 2.93. The highest BCUT2D eigenvalue weighted by Gasteiger charge is 2.25. The van der Waals surface area contributed by atoms with Crippen LogP contribution in [0.2, 0.25) is 0 Å². The van der Waals surface area contributed by atoms with Crippen LogP contribution < -0.4 is 5.73 Å². The van der Waals surface area contributed by atoms with Gasteiger partial charge in [0.25, 0.3) is 0 Å². The predicted octanol–water partition coefficient (Wildman–Crippen LogP) is 1.08. The quantitative estimate of drug-likeness (QED) is 0.615. The van der Waals surface area contributed by atoms with Crippen molar-refractivity contribution in [1.82, 2.24) is 4.90 Å². The van der Waals surface area contributed by atoms with Crippen LogP contribution in [-0.4, -0.2) is 56.9 Å². The number of likely N-dealkylation sites (tertiary alicyclic amines) is 1. The van der Waals surface area contributed by atoms with E-state index in [4.69, 9.17) is 15.2 Å². The number of hydrogen-bond acceptors (Lipinski definition) is 3. The smallest absolute Gasteiger partial charge is 0.191 e. The SMILES string of the molecule is COC1COCCC1CN=C(N)N1CCCC(C)C1. The normalized spacial score (nSPS) is 33.5. The maximum Gasteiger partial charge on any atom is 0.191 e. The summed E-state index contributed by atoms with van der Waals surface area (Å²) in [6, 6.07) is 0. The first-order valence-corrected chi connectivity index (χ1v) is 7.36. The molecule has 2 fully saturated rings. The van der Waals surface area contributed by atoms with Crippen molar-refractivity contribution in [3.05, 3.63) is 0 Å². The molecule has 0 saturated carbocycles. The number of rotatable bonds is 3. The Kier molecular flexibility index (Phi) is 5.45. The monoisotopic (exact) mass is 269 g/mol. The molecule has 2 aliphatic rings. The van der Waals surface area contributed by atoms with Crippen molar-refractivity contribution in [2.75, 3.05) is 40.0 Å². The van der Waals surface area contributed by atoms with Crippen LogP contribution >= 0.6 is 0 Å². The van der Waals surface area contributed by atoms with Gasteiger partial charge in [-0.2, -0.15) is 0 Å². The second-order valence-electron chi connectivity index (χ2n) is 5.79. The van der Waals surface area contributed by atoms with Crippen LogP contribution in [-0.2, 0) is 9.47 Å². The molecule has 0 bridgehead atoms. The van der Waals surface area contributed by atoms with E-state index in [2.05, 4.69) is 16.8 Å². The lowest BCUT2D eigenvalue weighted by atomic mass is 9.97. The molecule has 2 saturated heterocycles. The first-order chi connectivity index (χ1) is 9.20. The van der Waals surface area contributed by atoms with Crippen LogP contribution in [0.15, 0.2) is 4.99 Å². The van der Waals surface area contributed by atoms with Gasteiger partial charge in [0.1, 0.15) is 0 Å². The Morgan fingerprint density at radius 1 is 1.47 bits per heavy atom. The molecule has 19 heavy (non-hydrogen) atoms. The minimum Gasteiger partial charge on any atom is -0.379 e. The molecule has 0 aromatic carbocycles. The maximum absolute atomic E-state index is 6.12. The fraction of sp³-hybridized carbons (Fsp3) is 0.929. The largest absolute Gasteiger partial charge is 0.379 e. The maximum atomic E-state index is 6.12. The molecule has 3 atom stereocenters. The minimum atomic E-state index is 0.158. The highest BCUT2D eigenvalue weighted by molar-refractivity contribution is 5.78. The first-order valence-electron chi connectivity index (χ1n) is 7.36. The Bertz CT molecular complexity index is 309. The number of guanidine groups is 1. The second kappa shape index (κ2) is 7.10. The lowest BCUT2D eigenvalue weighted by molar-refractivity contribution is -0.0624. The van der Waals surface area contributed by atoms with E-state index in [1.54, 1.807) is 7.11 Å². The first kappa shape index (κ1) is 14.6. The van der Waals surface area contributed by atoms with E-state index in [1.807, 2.05) is 0 Å². The molecule has 2 aliphatic heterocycles. The van der Waals surface area contributed by atoms with E-state index in [-0.39, 0.29) is 6.10 Å². The molecule has 0 amide bonds. The predicted molar refractivity (Wildman–Crippen MR) is 76.2 cm³/mol. The summed E-state index contributed by atoms with van der Waals surface area (Å²) in [6.07, 6.45) is 3.68. The Morgan fingerprint density at radius 2 is 2.32 bits per heavy atom. The Morgan fingerprint density at radius 3 is 3.05 bits per heavy atom. The lowest BCUT2D eigenvalue weighted by Crippen LogP contribution is -2.44. The zero-order valence-electron chi connectivity index (χ0n) is 12.2. The number of ether oxygens (including phenoxy) is 2. The molecule has 0 spiro atoms. The zero-order valence-corrected chi connectivity index (χ0v) is 12.2. The van der Waals surface area contributed by atoms with Crippen LogP contribution in [0.4, 0.5) is 0 Å². The second-order valence-corrected chi connectivity index (χ2v) is 5.79. The third kappa shape index (κ3) is 4.08. The van der Waals surface area contributed by atoms with E-state index in [0.29, 0.717) is 18.5 Å². The molecule has 5 heteroatoms. The van der Waals surface area contributed by atoms with Gasteiger partial charge < -0.3 is 20.1 Å². The third-order valence-corrected chi connectivity index (χ3v) is 4.21. The highest BCUT2D eigenvalue weighted by Crippen LogP contribution is 2.19. The van der Waals surface area contributed by atoms with Crippen molar-refractivity contribution in [3.8, 4) is 0 Å². The van der Waals surface area contributed by atoms with E-state index in [9.17, 15) is 0 Å². The van der Waals surface area contributed by atoms with Gasteiger partial charge in [0.2, 0.25) is 0 Å². The minimum absolute atomic E-state index is 0.158. The number of nitrogens with zero attached hydrogens (tertiary/aromatic N) is 2. The number of piperidine rings is 1. The summed E-state index contributed by atoms with van der Waals surface area (Å²) < 4.78 is 10.9. The summed E-state index contributed by atoms with van der Waals surface area (Å²) >= 11 is 0. The van der Waals surface area contributed by atoms with Gasteiger partial charge in [0.15, 0.2) is 5.96 Å². The molecule has 5 nitrogen and oxygen atoms in total. The van der Waals surface area contributed by atoms with E-state index < -0.39 is 0 Å². The van der Waals surface area contributed by atoms with Gasteiger partial charge in [0, 0.05) is 39.3 Å². The van der Waals surface area contributed by atoms with Crippen molar-refractivity contribution in [1.29, 1.82) is 0 Å². The molecule has 0 radical (unpaired) electrons. The van der Waals surface area contributed by atoms with Gasteiger partial charge in [-0.15, -0.1) is 0 Å². The Balaban J connectivity index is 1.85. The molecule has 3 unspecified atom stereocenters. The van der Waals surface area contributed by atoms with Crippen molar-refractivity contribution < 1.29 is 9.47 Å². The summed E-state index contributed by atoms with van der Waals surface area (Å²) in [5.74, 6) is 1.85. The topological polar surface area (TPSA) is 60.1 Å². The van der Waals surface area contributed by atoms with Crippen molar-refractivity contribution >= 4 is 5.96 Å². The third-order valence-electron chi connectivity index (χ3n) is 4.21. The van der Waals surface area contributed by atoms with Gasteiger partial charge >= 0.3 is 0 Å². The number of hydrogen-bond donors (Lipinski definition) is 1. The molecule has 2 N–H and O–H groups in total. The van der Waals surface area contributed by atoms with Crippen molar-refractivity contribution in [3.63, 3.8) is 0 Å². The van der Waals surface area contributed by atoms with Gasteiger partial charge in [-0.25, -0.2) is 0 Å². The molecular formula is C14H27N3O2. The molecule has 110 valence electrons. The van der Waals surface area contributed by atoms with Gasteiger partial charge in [-0.1, -0.05) is 6.92 Å². The summed E-state index contributed by atoms with van der Waals surface area (Å²) in [4.78, 5) is 6.81. The Hall–Kier alpha value is -0.810. The molecule has 0 aromatic rings. The van der Waals surface area contributed by atoms with Gasteiger partial charge in [0.05, 0.1) is 12.7 Å². The van der Waals surface area contributed by atoms with Crippen molar-refractivity contribution in [2.24, 2.45) is 22.6 Å². The molecule has 2 rings (SSSR count).